The second-order valence-corrected chi connectivity index (χ2v) is 10.2. The zero-order valence-corrected chi connectivity index (χ0v) is 24.4. The molecule has 0 bridgehead atoms. The highest BCUT2D eigenvalue weighted by Gasteiger charge is 2.24. The van der Waals surface area contributed by atoms with Crippen molar-refractivity contribution < 1.29 is 33.9 Å². The number of carboxylic acid groups (broad SMARTS) is 1. The van der Waals surface area contributed by atoms with E-state index in [-0.39, 0.29) is 24.7 Å². The van der Waals surface area contributed by atoms with Crippen molar-refractivity contribution in [2.45, 2.75) is 57.7 Å². The normalized spacial score (nSPS) is 12.7. The summed E-state index contributed by atoms with van der Waals surface area (Å²) in [5, 5.41) is 31.0. The van der Waals surface area contributed by atoms with Crippen LogP contribution in [-0.4, -0.2) is 90.9 Å². The lowest BCUT2D eigenvalue weighted by atomic mass is 10.0. The van der Waals surface area contributed by atoms with E-state index < -0.39 is 73.3 Å². The molecule has 0 aliphatic rings. The van der Waals surface area contributed by atoms with Crippen LogP contribution in [0.2, 0.25) is 0 Å². The lowest BCUT2D eigenvalue weighted by Crippen LogP contribution is -2.53. The Morgan fingerprint density at radius 1 is 0.814 bits per heavy atom. The summed E-state index contributed by atoms with van der Waals surface area (Å²) in [6.07, 6.45) is 1.06. The molecule has 16 nitrogen and oxygen atoms in total. The number of aliphatic carboxylic acids is 1. The third-order valence-electron chi connectivity index (χ3n) is 5.91. The zero-order chi connectivity index (χ0) is 32.4. The summed E-state index contributed by atoms with van der Waals surface area (Å²) in [5.74, 6) is -4.68. The third kappa shape index (κ3) is 16.3. The molecule has 0 aromatic heterocycles. The van der Waals surface area contributed by atoms with Crippen LogP contribution in [0.25, 0.3) is 0 Å². The van der Waals surface area contributed by atoms with E-state index in [1.807, 2.05) is 13.8 Å². The minimum atomic E-state index is -1.19. The monoisotopic (exact) mass is 605 g/mol. The predicted molar refractivity (Wildman–Crippen MR) is 157 cm³/mol. The smallest absolute Gasteiger partial charge is 0.326 e. The molecule has 0 fully saturated rings. The lowest BCUT2D eigenvalue weighted by molar-refractivity contribution is -0.142. The van der Waals surface area contributed by atoms with Gasteiger partial charge in [-0.3, -0.25) is 29.4 Å². The molecule has 1 aromatic carbocycles. The van der Waals surface area contributed by atoms with Gasteiger partial charge < -0.3 is 48.5 Å². The maximum Gasteiger partial charge on any atom is 0.326 e. The zero-order valence-electron chi connectivity index (χ0n) is 24.4. The van der Waals surface area contributed by atoms with Crippen molar-refractivity contribution in [3.05, 3.63) is 35.9 Å². The van der Waals surface area contributed by atoms with Crippen LogP contribution >= 0.6 is 0 Å². The maximum absolute atomic E-state index is 12.9. The highest BCUT2D eigenvalue weighted by atomic mass is 16.4. The molecule has 1 aromatic rings. The molecule has 5 amide bonds. The Morgan fingerprint density at radius 3 is 1.95 bits per heavy atom. The Labute approximate surface area is 250 Å². The summed E-state index contributed by atoms with van der Waals surface area (Å²) in [6, 6.07) is 5.69. The number of nitrogens with one attached hydrogen (secondary N) is 7. The van der Waals surface area contributed by atoms with E-state index in [0.717, 1.165) is 5.56 Å². The second kappa shape index (κ2) is 19.4. The molecule has 3 atom stereocenters. The molecule has 0 aliphatic carbocycles. The number of guanidine groups is 1. The van der Waals surface area contributed by atoms with Crippen molar-refractivity contribution in [1.82, 2.24) is 31.9 Å². The van der Waals surface area contributed by atoms with E-state index in [1.165, 1.54) is 0 Å². The molecule has 0 radical (unpaired) electrons. The first kappa shape index (κ1) is 36.3. The van der Waals surface area contributed by atoms with Crippen molar-refractivity contribution in [1.29, 1.82) is 5.41 Å². The van der Waals surface area contributed by atoms with Gasteiger partial charge in [0.05, 0.1) is 25.7 Å². The van der Waals surface area contributed by atoms with E-state index in [4.69, 9.17) is 16.9 Å². The van der Waals surface area contributed by atoms with Crippen molar-refractivity contribution in [2.75, 3.05) is 26.2 Å². The molecule has 12 N–H and O–H groups in total. The summed E-state index contributed by atoms with van der Waals surface area (Å²) in [6.45, 7) is 2.57. The number of hydrogen-bond donors (Lipinski definition) is 10. The van der Waals surface area contributed by atoms with E-state index >= 15 is 0 Å². The van der Waals surface area contributed by atoms with Gasteiger partial charge in [0.25, 0.3) is 0 Å². The summed E-state index contributed by atoms with van der Waals surface area (Å²) >= 11 is 0. The number of carbonyl (C=O) groups is 6. The molecule has 1 rings (SSSR count). The van der Waals surface area contributed by atoms with Crippen LogP contribution in [0.3, 0.4) is 0 Å². The van der Waals surface area contributed by atoms with E-state index in [2.05, 4.69) is 31.9 Å². The Bertz CT molecular complexity index is 1120. The molecular formula is C27H43N9O7. The van der Waals surface area contributed by atoms with Crippen LogP contribution in [-0.2, 0) is 35.2 Å². The summed E-state index contributed by atoms with van der Waals surface area (Å²) in [7, 11) is 0. The van der Waals surface area contributed by atoms with Gasteiger partial charge in [-0.25, -0.2) is 4.79 Å². The molecule has 0 saturated carbocycles. The lowest BCUT2D eigenvalue weighted by Gasteiger charge is -2.20. The van der Waals surface area contributed by atoms with Gasteiger partial charge >= 0.3 is 5.97 Å². The Balaban J connectivity index is 2.61. The summed E-state index contributed by atoms with van der Waals surface area (Å²) < 4.78 is 0. The largest absolute Gasteiger partial charge is 0.480 e. The number of carbonyl (C=O) groups excluding carboxylic acids is 5. The average molecular weight is 606 g/mol. The molecular weight excluding hydrogens is 562 g/mol. The van der Waals surface area contributed by atoms with E-state index in [0.29, 0.717) is 19.4 Å². The van der Waals surface area contributed by atoms with Gasteiger partial charge in [0.1, 0.15) is 12.1 Å². The molecule has 0 heterocycles. The third-order valence-corrected chi connectivity index (χ3v) is 5.91. The Hall–Kier alpha value is -4.73. The number of rotatable bonds is 19. The number of amides is 5. The van der Waals surface area contributed by atoms with Crippen LogP contribution in [0.1, 0.15) is 38.7 Å². The van der Waals surface area contributed by atoms with Gasteiger partial charge in [-0.05, 0) is 30.7 Å². The minimum Gasteiger partial charge on any atom is -0.480 e. The Kier molecular flexibility index (Phi) is 16.4. The first-order valence-electron chi connectivity index (χ1n) is 13.8. The molecule has 0 unspecified atom stereocenters. The van der Waals surface area contributed by atoms with Gasteiger partial charge in [0, 0.05) is 13.0 Å². The van der Waals surface area contributed by atoms with Gasteiger partial charge in [-0.15, -0.1) is 0 Å². The molecule has 238 valence electrons. The van der Waals surface area contributed by atoms with Crippen LogP contribution in [0.5, 0.6) is 0 Å². The summed E-state index contributed by atoms with van der Waals surface area (Å²) in [5.41, 5.74) is 11.7. The number of nitrogens with two attached hydrogens (primary N) is 2. The van der Waals surface area contributed by atoms with Gasteiger partial charge in [0.2, 0.25) is 29.5 Å². The van der Waals surface area contributed by atoms with Crippen molar-refractivity contribution >= 4 is 41.5 Å². The van der Waals surface area contributed by atoms with E-state index in [1.54, 1.807) is 30.3 Å². The number of carboxylic acids is 1. The maximum atomic E-state index is 12.9. The first-order chi connectivity index (χ1) is 20.3. The van der Waals surface area contributed by atoms with Crippen molar-refractivity contribution in [3.63, 3.8) is 0 Å². The second-order valence-electron chi connectivity index (χ2n) is 10.2. The van der Waals surface area contributed by atoms with Crippen molar-refractivity contribution in [2.24, 2.45) is 17.4 Å². The fourth-order valence-corrected chi connectivity index (χ4v) is 3.75. The topological polar surface area (TPSA) is 271 Å². The van der Waals surface area contributed by atoms with Gasteiger partial charge in [-0.1, -0.05) is 44.2 Å². The number of benzene rings is 1. The molecule has 0 aliphatic heterocycles. The molecule has 0 spiro atoms. The van der Waals surface area contributed by atoms with E-state index in [9.17, 15) is 33.9 Å². The fraction of sp³-hybridized carbons (Fsp3) is 0.519. The van der Waals surface area contributed by atoms with Crippen LogP contribution in [0.4, 0.5) is 0 Å². The highest BCUT2D eigenvalue weighted by Crippen LogP contribution is 2.05. The SMILES string of the molecule is CC(C)C[C@H](NC(=O)CNC(=O)[C@H](Cc1ccccc1)NC(=O)CNC(=O)CNC(=O)[C@@H](N)CCCNC(=N)N)C(=O)O. The molecule has 43 heavy (non-hydrogen) atoms. The quantitative estimate of drug-likeness (QED) is 0.0441. The van der Waals surface area contributed by atoms with Gasteiger partial charge in [-0.2, -0.15) is 0 Å². The average Bonchev–Trinajstić information content (AvgIpc) is 2.95. The molecule has 16 heteroatoms. The highest BCUT2D eigenvalue weighted by molar-refractivity contribution is 5.93. The minimum absolute atomic E-state index is 0.0166. The van der Waals surface area contributed by atoms with Crippen molar-refractivity contribution in [3.8, 4) is 0 Å². The van der Waals surface area contributed by atoms with Crippen LogP contribution < -0.4 is 43.4 Å². The van der Waals surface area contributed by atoms with Gasteiger partial charge in [0.15, 0.2) is 5.96 Å². The standard InChI is InChI=1S/C27H43N9O7/c1-16(2)11-20(26(42)43)36-23(39)15-34-25(41)19(12-17-7-4-3-5-8-17)35-22(38)14-32-21(37)13-33-24(40)18(28)9-6-10-31-27(29)30/h3-5,7-8,16,18-20H,6,9-15,28H2,1-2H3,(H,32,37)(H,33,40)(H,34,41)(H,35,38)(H,36,39)(H,42,43)(H4,29,30,31)/t18-,19-,20-/m0/s1. The number of hydrogen-bond acceptors (Lipinski definition) is 8. The predicted octanol–water partition coefficient (Wildman–Crippen LogP) is -2.73. The van der Waals surface area contributed by atoms with Crippen LogP contribution in [0, 0.1) is 11.3 Å². The molecule has 0 saturated heterocycles. The fourth-order valence-electron chi connectivity index (χ4n) is 3.75. The first-order valence-corrected chi connectivity index (χ1v) is 13.8. The summed E-state index contributed by atoms with van der Waals surface area (Å²) in [4.78, 5) is 73.4. The van der Waals surface area contributed by atoms with Crippen LogP contribution in [0.15, 0.2) is 30.3 Å². The Morgan fingerprint density at radius 2 is 1.37 bits per heavy atom.